The monoisotopic (exact) mass is 191 g/mol. The van der Waals surface area contributed by atoms with E-state index in [4.69, 9.17) is 0 Å². The van der Waals surface area contributed by atoms with Gasteiger partial charge in [0.05, 0.1) is 0 Å². The molecule has 0 spiro atoms. The topological polar surface area (TPSA) is 3.24 Å². The molecule has 1 aromatic carbocycles. The zero-order chi connectivity index (χ0) is 10.4. The summed E-state index contributed by atoms with van der Waals surface area (Å²) in [6.45, 7) is 2.25. The maximum atomic E-state index is 2.25. The number of anilines is 1. The highest BCUT2D eigenvalue weighted by Crippen LogP contribution is 2.19. The third-order valence-corrected chi connectivity index (χ3v) is 2.52. The third-order valence-electron chi connectivity index (χ3n) is 2.52. The molecule has 1 nitrogen and oxygen atoms in total. The Labute approximate surface area is 87.7 Å². The van der Waals surface area contributed by atoms with Crippen LogP contribution in [0.15, 0.2) is 24.3 Å². The van der Waals surface area contributed by atoms with Crippen molar-refractivity contribution in [3.63, 3.8) is 0 Å². The highest BCUT2D eigenvalue weighted by molar-refractivity contribution is 5.52. The summed E-state index contributed by atoms with van der Waals surface area (Å²) in [5, 5.41) is 0. The van der Waals surface area contributed by atoms with E-state index in [9.17, 15) is 0 Å². The molecule has 0 heterocycles. The Morgan fingerprint density at radius 3 is 2.43 bits per heavy atom. The molecule has 14 heavy (non-hydrogen) atoms. The Hall–Kier alpha value is -0.980. The summed E-state index contributed by atoms with van der Waals surface area (Å²) >= 11 is 0. The molecule has 0 fully saturated rings. The molecule has 0 saturated heterocycles. The van der Waals surface area contributed by atoms with Gasteiger partial charge in [0.15, 0.2) is 0 Å². The second-order valence-corrected chi connectivity index (χ2v) is 3.98. The maximum absolute atomic E-state index is 2.25. The van der Waals surface area contributed by atoms with Crippen LogP contribution in [0, 0.1) is 0 Å². The van der Waals surface area contributed by atoms with E-state index < -0.39 is 0 Å². The lowest BCUT2D eigenvalue weighted by Gasteiger charge is -2.17. The Morgan fingerprint density at radius 1 is 1.07 bits per heavy atom. The van der Waals surface area contributed by atoms with E-state index in [1.54, 1.807) is 0 Å². The first-order valence-corrected chi connectivity index (χ1v) is 5.51. The number of unbranched alkanes of at least 4 members (excludes halogenated alkanes) is 2. The first-order valence-electron chi connectivity index (χ1n) is 5.51. The molecule has 0 N–H and O–H groups in total. The van der Waals surface area contributed by atoms with Gasteiger partial charge in [-0.3, -0.25) is 0 Å². The SMILES string of the molecule is CCCCCc1ccccc1N(C)C. The van der Waals surface area contributed by atoms with E-state index in [0.717, 1.165) is 0 Å². The second-order valence-electron chi connectivity index (χ2n) is 3.98. The van der Waals surface area contributed by atoms with Gasteiger partial charge in [-0.1, -0.05) is 38.0 Å². The lowest BCUT2D eigenvalue weighted by molar-refractivity contribution is 0.717. The minimum absolute atomic E-state index is 1.21. The van der Waals surface area contributed by atoms with Crippen molar-refractivity contribution >= 4 is 5.69 Å². The van der Waals surface area contributed by atoms with E-state index in [0.29, 0.717) is 0 Å². The second kappa shape index (κ2) is 5.69. The average molecular weight is 191 g/mol. The van der Waals surface area contributed by atoms with Crippen LogP contribution in [-0.2, 0) is 6.42 Å². The van der Waals surface area contributed by atoms with Crippen molar-refractivity contribution in [1.29, 1.82) is 0 Å². The van der Waals surface area contributed by atoms with Crippen LogP contribution in [0.5, 0.6) is 0 Å². The smallest absolute Gasteiger partial charge is 0.0393 e. The Kier molecular flexibility index (Phi) is 4.51. The summed E-state index contributed by atoms with van der Waals surface area (Å²) < 4.78 is 0. The summed E-state index contributed by atoms with van der Waals surface area (Å²) in [6.07, 6.45) is 5.15. The summed E-state index contributed by atoms with van der Waals surface area (Å²) in [5.41, 5.74) is 2.84. The number of hydrogen-bond acceptors (Lipinski definition) is 1. The van der Waals surface area contributed by atoms with Crippen LogP contribution in [-0.4, -0.2) is 14.1 Å². The minimum atomic E-state index is 1.21. The molecule has 1 rings (SSSR count). The van der Waals surface area contributed by atoms with Gasteiger partial charge < -0.3 is 4.90 Å². The van der Waals surface area contributed by atoms with Crippen molar-refractivity contribution < 1.29 is 0 Å². The zero-order valence-electron chi connectivity index (χ0n) is 9.59. The number of para-hydroxylation sites is 1. The largest absolute Gasteiger partial charge is 0.377 e. The fourth-order valence-corrected chi connectivity index (χ4v) is 1.72. The van der Waals surface area contributed by atoms with E-state index >= 15 is 0 Å². The molecule has 0 atom stereocenters. The van der Waals surface area contributed by atoms with Crippen LogP contribution in [0.2, 0.25) is 0 Å². The standard InChI is InChI=1S/C13H21N/c1-4-5-6-9-12-10-7-8-11-13(12)14(2)3/h7-8,10-11H,4-6,9H2,1-3H3. The highest BCUT2D eigenvalue weighted by atomic mass is 15.1. The number of aryl methyl sites for hydroxylation is 1. The maximum Gasteiger partial charge on any atom is 0.0393 e. The Balaban J connectivity index is 2.64. The molecule has 0 saturated carbocycles. The molecule has 0 bridgehead atoms. The lowest BCUT2D eigenvalue weighted by Crippen LogP contribution is -2.11. The van der Waals surface area contributed by atoms with Gasteiger partial charge in [0.1, 0.15) is 0 Å². The summed E-state index contributed by atoms with van der Waals surface area (Å²) in [6, 6.07) is 8.68. The van der Waals surface area contributed by atoms with Gasteiger partial charge in [-0.05, 0) is 24.5 Å². The molecule has 0 aliphatic carbocycles. The number of benzene rings is 1. The summed E-state index contributed by atoms with van der Waals surface area (Å²) in [4.78, 5) is 2.20. The van der Waals surface area contributed by atoms with E-state index in [2.05, 4.69) is 50.2 Å². The van der Waals surface area contributed by atoms with Gasteiger partial charge in [-0.15, -0.1) is 0 Å². The molecule has 0 aliphatic heterocycles. The molecular weight excluding hydrogens is 170 g/mol. The Morgan fingerprint density at radius 2 is 1.79 bits per heavy atom. The van der Waals surface area contributed by atoms with Crippen LogP contribution >= 0.6 is 0 Å². The predicted octanol–water partition coefficient (Wildman–Crippen LogP) is 3.49. The van der Waals surface area contributed by atoms with Crippen LogP contribution < -0.4 is 4.90 Å². The van der Waals surface area contributed by atoms with E-state index in [1.807, 2.05) is 0 Å². The summed E-state index contributed by atoms with van der Waals surface area (Å²) in [5.74, 6) is 0. The third kappa shape index (κ3) is 3.06. The lowest BCUT2D eigenvalue weighted by atomic mass is 10.0. The van der Waals surface area contributed by atoms with Crippen LogP contribution in [0.4, 0.5) is 5.69 Å². The van der Waals surface area contributed by atoms with Gasteiger partial charge in [-0.25, -0.2) is 0 Å². The first kappa shape index (κ1) is 11.1. The summed E-state index contributed by atoms with van der Waals surface area (Å²) in [7, 11) is 4.22. The van der Waals surface area contributed by atoms with Crippen molar-refractivity contribution in [1.82, 2.24) is 0 Å². The van der Waals surface area contributed by atoms with Gasteiger partial charge in [-0.2, -0.15) is 0 Å². The molecule has 0 aliphatic rings. The van der Waals surface area contributed by atoms with Gasteiger partial charge >= 0.3 is 0 Å². The molecule has 0 amide bonds. The molecule has 0 unspecified atom stereocenters. The fraction of sp³-hybridized carbons (Fsp3) is 0.538. The minimum Gasteiger partial charge on any atom is -0.377 e. The highest BCUT2D eigenvalue weighted by Gasteiger charge is 2.02. The molecular formula is C13H21N. The predicted molar refractivity (Wildman–Crippen MR) is 64.0 cm³/mol. The van der Waals surface area contributed by atoms with Crippen LogP contribution in [0.1, 0.15) is 31.7 Å². The normalized spacial score (nSPS) is 10.2. The van der Waals surface area contributed by atoms with Crippen molar-refractivity contribution in [2.75, 3.05) is 19.0 Å². The average Bonchev–Trinajstić information content (AvgIpc) is 2.19. The quantitative estimate of drug-likeness (QED) is 0.644. The molecule has 0 radical (unpaired) electrons. The van der Waals surface area contributed by atoms with Crippen molar-refractivity contribution in [2.45, 2.75) is 32.6 Å². The number of rotatable bonds is 5. The molecule has 78 valence electrons. The van der Waals surface area contributed by atoms with Crippen LogP contribution in [0.3, 0.4) is 0 Å². The van der Waals surface area contributed by atoms with Gasteiger partial charge in [0.25, 0.3) is 0 Å². The fourth-order valence-electron chi connectivity index (χ4n) is 1.72. The first-order chi connectivity index (χ1) is 6.75. The van der Waals surface area contributed by atoms with E-state index in [-0.39, 0.29) is 0 Å². The number of nitrogens with zero attached hydrogens (tertiary/aromatic N) is 1. The Bertz CT molecular complexity index is 266. The van der Waals surface area contributed by atoms with Crippen molar-refractivity contribution in [2.24, 2.45) is 0 Å². The molecule has 1 aromatic rings. The molecule has 1 heteroatoms. The van der Waals surface area contributed by atoms with E-state index in [1.165, 1.54) is 36.9 Å². The zero-order valence-corrected chi connectivity index (χ0v) is 9.59. The van der Waals surface area contributed by atoms with Gasteiger partial charge in [0, 0.05) is 19.8 Å². The van der Waals surface area contributed by atoms with Crippen molar-refractivity contribution in [3.05, 3.63) is 29.8 Å². The molecule has 0 aromatic heterocycles. The van der Waals surface area contributed by atoms with Gasteiger partial charge in [0.2, 0.25) is 0 Å². The van der Waals surface area contributed by atoms with Crippen molar-refractivity contribution in [3.8, 4) is 0 Å². The number of hydrogen-bond donors (Lipinski definition) is 0. The van der Waals surface area contributed by atoms with Crippen LogP contribution in [0.25, 0.3) is 0 Å².